The number of piperidine rings is 4. The predicted molar refractivity (Wildman–Crippen MR) is 136 cm³/mol. The summed E-state index contributed by atoms with van der Waals surface area (Å²) in [6.45, 7) is 6.56. The van der Waals surface area contributed by atoms with Gasteiger partial charge in [0, 0.05) is 49.6 Å². The van der Waals surface area contributed by atoms with Crippen molar-refractivity contribution in [3.63, 3.8) is 0 Å². The van der Waals surface area contributed by atoms with Crippen LogP contribution in [0.25, 0.3) is 0 Å². The maximum Gasteiger partial charge on any atom is 0.142 e. The number of rotatable bonds is 1. The van der Waals surface area contributed by atoms with E-state index in [2.05, 4.69) is 20.9 Å². The van der Waals surface area contributed by atoms with Gasteiger partial charge in [-0.15, -0.1) is 0 Å². The van der Waals surface area contributed by atoms with Crippen LogP contribution in [0.1, 0.15) is 77.0 Å². The van der Waals surface area contributed by atoms with Gasteiger partial charge < -0.3 is 16.0 Å². The van der Waals surface area contributed by atoms with E-state index in [4.69, 9.17) is 0 Å². The smallest absolute Gasteiger partial charge is 0.142 e. The van der Waals surface area contributed by atoms with Crippen LogP contribution < -0.4 is 16.0 Å². The summed E-state index contributed by atoms with van der Waals surface area (Å²) in [4.78, 5) is 17.1. The van der Waals surface area contributed by atoms with Crippen molar-refractivity contribution in [3.8, 4) is 0 Å². The molecule has 4 aliphatic heterocycles. The number of nitrogens with zero attached hydrogens (tertiary/aromatic N) is 1. The van der Waals surface area contributed by atoms with Crippen LogP contribution in [-0.2, 0) is 4.79 Å². The highest BCUT2D eigenvalue weighted by molar-refractivity contribution is 5.86. The number of fused-ring (bicyclic) bond motifs is 8. The number of likely N-dealkylation sites (tertiary alicyclic amines) is 1. The summed E-state index contributed by atoms with van der Waals surface area (Å²) in [5.74, 6) is 4.05. The van der Waals surface area contributed by atoms with Gasteiger partial charge in [0.25, 0.3) is 0 Å². The number of nitrogens with one attached hydrogen (secondary N) is 3. The molecular formula is C29H48N4O. The molecule has 3 saturated carbocycles. The zero-order valence-corrected chi connectivity index (χ0v) is 21.3. The highest BCUT2D eigenvalue weighted by atomic mass is 16.1. The average molecular weight is 469 g/mol. The summed E-state index contributed by atoms with van der Waals surface area (Å²) in [6, 6.07) is 2.30. The van der Waals surface area contributed by atoms with Gasteiger partial charge >= 0.3 is 0 Å². The van der Waals surface area contributed by atoms with Gasteiger partial charge in [0.2, 0.25) is 0 Å². The maximum absolute atomic E-state index is 13.9. The Morgan fingerprint density at radius 3 is 1.85 bits per heavy atom. The molecule has 3 N–H and O–H groups in total. The van der Waals surface area contributed by atoms with E-state index in [1.165, 1.54) is 90.1 Å². The van der Waals surface area contributed by atoms with Gasteiger partial charge in [0.15, 0.2) is 0 Å². The first kappa shape index (κ1) is 22.7. The quantitative estimate of drug-likeness (QED) is 0.552. The molecule has 5 heteroatoms. The second-order valence-corrected chi connectivity index (χ2v) is 13.2. The van der Waals surface area contributed by atoms with E-state index in [1.54, 1.807) is 0 Å². The number of ketones is 1. The molecule has 0 bridgehead atoms. The Morgan fingerprint density at radius 1 is 0.588 bits per heavy atom. The minimum absolute atomic E-state index is 0.272. The van der Waals surface area contributed by atoms with Gasteiger partial charge in [-0.2, -0.15) is 0 Å². The molecule has 7 rings (SSSR count). The molecule has 34 heavy (non-hydrogen) atoms. The van der Waals surface area contributed by atoms with Gasteiger partial charge in [-0.05, 0) is 93.7 Å². The van der Waals surface area contributed by atoms with Crippen molar-refractivity contribution in [3.05, 3.63) is 0 Å². The first-order valence-electron chi connectivity index (χ1n) is 15.2. The highest BCUT2D eigenvalue weighted by Crippen LogP contribution is 2.68. The van der Waals surface area contributed by atoms with Crippen LogP contribution in [0.2, 0.25) is 0 Å². The number of hydrogen-bond donors (Lipinski definition) is 3. The topological polar surface area (TPSA) is 56.4 Å². The van der Waals surface area contributed by atoms with Crippen molar-refractivity contribution in [1.82, 2.24) is 20.9 Å². The van der Waals surface area contributed by atoms with Gasteiger partial charge in [-0.25, -0.2) is 0 Å². The minimum atomic E-state index is 0.272. The summed E-state index contributed by atoms with van der Waals surface area (Å²) >= 11 is 0. The van der Waals surface area contributed by atoms with Crippen molar-refractivity contribution >= 4 is 5.78 Å². The SMILES string of the molecule is O=C1C2CNCCC2C2(C3CCNCC13)C1CCCCC1N(C1CCCCC1)C1CNCCC12. The Bertz CT molecular complexity index is 713. The lowest BCUT2D eigenvalue weighted by Crippen LogP contribution is -2.77. The number of hydrogen-bond acceptors (Lipinski definition) is 5. The molecule has 8 atom stereocenters. The standard InChI is InChI=1S/C29H48N4O/c34-28-20-16-30-13-10-22(20)29(23-11-14-31-17-21(23)28)24-8-4-5-9-26(24)33(19-6-2-1-3-7-19)27-18-32-15-12-25(27)29/h19-27,30-32H,1-18H2. The molecular weight excluding hydrogens is 420 g/mol. The molecule has 0 radical (unpaired) electrons. The summed E-state index contributed by atoms with van der Waals surface area (Å²) in [5.41, 5.74) is 0.399. The van der Waals surface area contributed by atoms with E-state index in [-0.39, 0.29) is 11.8 Å². The molecule has 0 amide bonds. The third-order valence-corrected chi connectivity index (χ3v) is 12.2. The van der Waals surface area contributed by atoms with Crippen molar-refractivity contribution in [2.75, 3.05) is 39.3 Å². The third kappa shape index (κ3) is 3.22. The minimum Gasteiger partial charge on any atom is -0.316 e. The van der Waals surface area contributed by atoms with Crippen LogP contribution in [0.3, 0.4) is 0 Å². The summed E-state index contributed by atoms with van der Waals surface area (Å²) in [5, 5.41) is 11.2. The largest absolute Gasteiger partial charge is 0.316 e. The lowest BCUT2D eigenvalue weighted by molar-refractivity contribution is -0.233. The molecule has 7 fully saturated rings. The molecule has 190 valence electrons. The fourth-order valence-corrected chi connectivity index (χ4v) is 11.4. The summed E-state index contributed by atoms with van der Waals surface area (Å²) < 4.78 is 0. The predicted octanol–water partition coefficient (Wildman–Crippen LogP) is 3.19. The molecule has 0 aromatic heterocycles. The van der Waals surface area contributed by atoms with Crippen molar-refractivity contribution in [2.24, 2.45) is 40.9 Å². The number of carbonyl (C=O) groups excluding carboxylic acids is 1. The van der Waals surface area contributed by atoms with Crippen LogP contribution >= 0.6 is 0 Å². The fraction of sp³-hybridized carbons (Fsp3) is 0.966. The van der Waals surface area contributed by atoms with Gasteiger partial charge in [0.1, 0.15) is 5.78 Å². The van der Waals surface area contributed by atoms with Crippen LogP contribution in [0.5, 0.6) is 0 Å². The second-order valence-electron chi connectivity index (χ2n) is 13.2. The number of Topliss-reactive ketones (excluding diaryl/α,β-unsaturated/α-hetero) is 1. The highest BCUT2D eigenvalue weighted by Gasteiger charge is 2.69. The molecule has 3 aliphatic carbocycles. The van der Waals surface area contributed by atoms with Gasteiger partial charge in [-0.1, -0.05) is 32.1 Å². The van der Waals surface area contributed by atoms with E-state index in [9.17, 15) is 4.79 Å². The average Bonchev–Trinajstić information content (AvgIpc) is 2.91. The summed E-state index contributed by atoms with van der Waals surface area (Å²) in [7, 11) is 0. The molecule has 7 aliphatic rings. The zero-order valence-electron chi connectivity index (χ0n) is 21.3. The first-order valence-corrected chi connectivity index (χ1v) is 15.2. The Hall–Kier alpha value is -0.490. The van der Waals surface area contributed by atoms with E-state index in [1.807, 2.05) is 0 Å². The van der Waals surface area contributed by atoms with E-state index in [0.717, 1.165) is 50.1 Å². The van der Waals surface area contributed by atoms with Crippen LogP contribution in [0.15, 0.2) is 0 Å². The monoisotopic (exact) mass is 468 g/mol. The van der Waals surface area contributed by atoms with E-state index < -0.39 is 0 Å². The molecule has 4 heterocycles. The van der Waals surface area contributed by atoms with Crippen LogP contribution in [-0.4, -0.2) is 68.1 Å². The second kappa shape index (κ2) is 9.11. The Labute approximate surface area is 206 Å². The molecule has 0 aromatic rings. The lowest BCUT2D eigenvalue weighted by Gasteiger charge is -2.72. The molecule has 1 spiro atoms. The Balaban J connectivity index is 1.38. The van der Waals surface area contributed by atoms with Gasteiger partial charge in [-0.3, -0.25) is 9.69 Å². The first-order chi connectivity index (χ1) is 16.8. The molecule has 4 saturated heterocycles. The fourth-order valence-electron chi connectivity index (χ4n) is 11.4. The Kier molecular flexibility index (Phi) is 6.08. The zero-order chi connectivity index (χ0) is 22.7. The van der Waals surface area contributed by atoms with E-state index >= 15 is 0 Å². The normalized spacial score (nSPS) is 50.2. The van der Waals surface area contributed by atoms with Crippen molar-refractivity contribution in [2.45, 2.75) is 95.2 Å². The molecule has 5 nitrogen and oxygen atoms in total. The number of carbonyl (C=O) groups is 1. The van der Waals surface area contributed by atoms with Gasteiger partial charge in [0.05, 0.1) is 0 Å². The van der Waals surface area contributed by atoms with Crippen LogP contribution in [0.4, 0.5) is 0 Å². The van der Waals surface area contributed by atoms with Crippen molar-refractivity contribution in [1.29, 1.82) is 0 Å². The maximum atomic E-state index is 13.9. The molecule has 0 aromatic carbocycles. The lowest BCUT2D eigenvalue weighted by atomic mass is 9.37. The van der Waals surface area contributed by atoms with Crippen molar-refractivity contribution < 1.29 is 4.79 Å². The third-order valence-electron chi connectivity index (χ3n) is 12.2. The molecule has 8 unspecified atom stereocenters. The summed E-state index contributed by atoms with van der Waals surface area (Å²) in [6.07, 6.45) is 16.7. The van der Waals surface area contributed by atoms with Crippen LogP contribution in [0, 0.1) is 40.9 Å². The Morgan fingerprint density at radius 2 is 1.15 bits per heavy atom. The van der Waals surface area contributed by atoms with E-state index in [0.29, 0.717) is 29.1 Å².